The summed E-state index contributed by atoms with van der Waals surface area (Å²) in [4.78, 5) is 14.5. The maximum atomic E-state index is 6.45. The minimum Gasteiger partial charge on any atom is -0.351 e. The lowest BCUT2D eigenvalue weighted by molar-refractivity contribution is -0.577. The molecule has 0 aromatic carbocycles. The SMILES string of the molecule is C[C@H]1C(OCCN2CCSC2)O[C@@H]2O[C@@]3(C)CCC4[C@@H](C)CCC1[C@]42OO3. The second-order valence-electron chi connectivity index (χ2n) is 9.30. The molecule has 0 radical (unpaired) electrons. The van der Waals surface area contributed by atoms with Crippen LogP contribution in [0.3, 0.4) is 0 Å². The van der Waals surface area contributed by atoms with E-state index in [1.54, 1.807) is 0 Å². The number of thioether (sulfide) groups is 1. The highest BCUT2D eigenvalue weighted by Gasteiger charge is 2.69. The Morgan fingerprint density at radius 3 is 2.85 bits per heavy atom. The Bertz CT molecular complexity index is 560. The molecule has 0 N–H and O–H groups in total. The fourth-order valence-electron chi connectivity index (χ4n) is 5.99. The number of ether oxygens (including phenoxy) is 3. The van der Waals surface area contributed by atoms with Gasteiger partial charge in [0.25, 0.3) is 0 Å². The van der Waals surface area contributed by atoms with Crippen LogP contribution in [0, 0.1) is 23.7 Å². The fraction of sp³-hybridized carbons (Fsp3) is 1.00. The van der Waals surface area contributed by atoms with Gasteiger partial charge in [-0.3, -0.25) is 4.90 Å². The van der Waals surface area contributed by atoms with Crippen molar-refractivity contribution < 1.29 is 24.0 Å². The van der Waals surface area contributed by atoms with Crippen molar-refractivity contribution in [3.63, 3.8) is 0 Å². The molecule has 6 aliphatic rings. The van der Waals surface area contributed by atoms with Crippen molar-refractivity contribution in [1.82, 2.24) is 4.90 Å². The van der Waals surface area contributed by atoms with Gasteiger partial charge in [0.2, 0.25) is 5.79 Å². The summed E-state index contributed by atoms with van der Waals surface area (Å²) in [5, 5.41) is 0. The van der Waals surface area contributed by atoms with E-state index in [9.17, 15) is 0 Å². The lowest BCUT2D eigenvalue weighted by Crippen LogP contribution is -2.70. The Balaban J connectivity index is 1.35. The zero-order chi connectivity index (χ0) is 18.6. The van der Waals surface area contributed by atoms with Crippen LogP contribution in [0.15, 0.2) is 0 Å². The molecule has 154 valence electrons. The minimum absolute atomic E-state index is 0.235. The van der Waals surface area contributed by atoms with Crippen molar-refractivity contribution in [2.45, 2.75) is 70.4 Å². The van der Waals surface area contributed by atoms with E-state index in [4.69, 9.17) is 24.0 Å². The summed E-state index contributed by atoms with van der Waals surface area (Å²) in [7, 11) is 0. The van der Waals surface area contributed by atoms with Crippen molar-refractivity contribution in [3.8, 4) is 0 Å². The van der Waals surface area contributed by atoms with E-state index in [2.05, 4.69) is 18.7 Å². The molecule has 1 spiro atoms. The van der Waals surface area contributed by atoms with Gasteiger partial charge in [-0.2, -0.15) is 0 Å². The molecule has 8 atom stereocenters. The number of hydrogen-bond donors (Lipinski definition) is 0. The van der Waals surface area contributed by atoms with E-state index in [1.165, 1.54) is 12.2 Å². The normalized spacial score (nSPS) is 52.6. The molecule has 1 saturated carbocycles. The Labute approximate surface area is 166 Å². The third kappa shape index (κ3) is 3.09. The van der Waals surface area contributed by atoms with Gasteiger partial charge in [0.15, 0.2) is 18.2 Å². The molecule has 2 bridgehead atoms. The first kappa shape index (κ1) is 19.1. The lowest BCUT2D eigenvalue weighted by Gasteiger charge is -2.60. The molecule has 5 heterocycles. The maximum absolute atomic E-state index is 6.45. The summed E-state index contributed by atoms with van der Waals surface area (Å²) < 4.78 is 19.1. The van der Waals surface area contributed by atoms with Gasteiger partial charge in [-0.1, -0.05) is 13.8 Å². The molecule has 1 aliphatic carbocycles. The minimum atomic E-state index is -0.713. The van der Waals surface area contributed by atoms with Crippen molar-refractivity contribution in [2.24, 2.45) is 23.7 Å². The van der Waals surface area contributed by atoms with Gasteiger partial charge in [-0.25, -0.2) is 9.78 Å². The fourth-order valence-corrected chi connectivity index (χ4v) is 7.02. The number of fused-ring (bicyclic) bond motifs is 2. The molecular formula is C20H33NO5S. The van der Waals surface area contributed by atoms with Crippen molar-refractivity contribution >= 4 is 11.8 Å². The van der Waals surface area contributed by atoms with E-state index in [0.717, 1.165) is 38.2 Å². The van der Waals surface area contributed by atoms with E-state index in [1.807, 2.05) is 18.7 Å². The van der Waals surface area contributed by atoms with Crippen molar-refractivity contribution in [3.05, 3.63) is 0 Å². The summed E-state index contributed by atoms with van der Waals surface area (Å²) in [5.41, 5.74) is -0.488. The summed E-state index contributed by atoms with van der Waals surface area (Å²) in [6.45, 7) is 9.41. The molecule has 6 rings (SSSR count). The van der Waals surface area contributed by atoms with E-state index >= 15 is 0 Å². The second kappa shape index (κ2) is 7.11. The van der Waals surface area contributed by atoms with Crippen molar-refractivity contribution in [2.75, 3.05) is 31.3 Å². The van der Waals surface area contributed by atoms with Gasteiger partial charge < -0.3 is 14.2 Å². The molecule has 5 aliphatic heterocycles. The highest BCUT2D eigenvalue weighted by molar-refractivity contribution is 7.99. The van der Waals surface area contributed by atoms with Crippen LogP contribution in [0.25, 0.3) is 0 Å². The molecule has 6 fully saturated rings. The van der Waals surface area contributed by atoms with Crippen LogP contribution in [-0.4, -0.2) is 60.2 Å². The monoisotopic (exact) mass is 399 g/mol. The van der Waals surface area contributed by atoms with Gasteiger partial charge >= 0.3 is 0 Å². The van der Waals surface area contributed by atoms with Crippen LogP contribution in [0.4, 0.5) is 0 Å². The zero-order valence-corrected chi connectivity index (χ0v) is 17.5. The van der Waals surface area contributed by atoms with Gasteiger partial charge in [0.05, 0.1) is 6.61 Å². The molecular weight excluding hydrogens is 366 g/mol. The molecule has 7 heteroatoms. The predicted molar refractivity (Wildman–Crippen MR) is 102 cm³/mol. The molecule has 0 aromatic heterocycles. The van der Waals surface area contributed by atoms with Crippen molar-refractivity contribution in [1.29, 1.82) is 0 Å². The average Bonchev–Trinajstić information content (AvgIpc) is 3.06. The van der Waals surface area contributed by atoms with Crippen LogP contribution >= 0.6 is 11.8 Å². The Morgan fingerprint density at radius 1 is 1.15 bits per heavy atom. The summed E-state index contributed by atoms with van der Waals surface area (Å²) in [6, 6.07) is 0. The van der Waals surface area contributed by atoms with Crippen LogP contribution in [0.1, 0.15) is 46.5 Å². The van der Waals surface area contributed by atoms with Crippen LogP contribution in [0.2, 0.25) is 0 Å². The predicted octanol–water partition coefficient (Wildman–Crippen LogP) is 3.22. The second-order valence-corrected chi connectivity index (χ2v) is 10.4. The first-order valence-electron chi connectivity index (χ1n) is 10.6. The standard InChI is InChI=1S/C20H33NO5S/c1-13-4-5-16-14(2)17(22-10-8-21-9-11-27-12-21)23-18-20(16)15(13)6-7-19(3,24-18)25-26-20/h13-18H,4-12H2,1-3H3/t13-,14+,15?,16?,17?,18+,19+,20+/m0/s1. The van der Waals surface area contributed by atoms with Crippen LogP contribution in [0.5, 0.6) is 0 Å². The number of hydrogen-bond acceptors (Lipinski definition) is 7. The topological polar surface area (TPSA) is 49.4 Å². The molecule has 5 saturated heterocycles. The van der Waals surface area contributed by atoms with E-state index in [-0.39, 0.29) is 12.2 Å². The molecule has 3 unspecified atom stereocenters. The third-order valence-electron chi connectivity index (χ3n) is 7.61. The highest BCUT2D eigenvalue weighted by Crippen LogP contribution is 2.60. The Hall–Kier alpha value is 0.110. The highest BCUT2D eigenvalue weighted by atomic mass is 32.2. The number of nitrogens with zero attached hydrogens (tertiary/aromatic N) is 1. The van der Waals surface area contributed by atoms with Gasteiger partial charge in [0, 0.05) is 43.0 Å². The van der Waals surface area contributed by atoms with Crippen LogP contribution in [-0.2, 0) is 24.0 Å². The average molecular weight is 400 g/mol. The summed E-state index contributed by atoms with van der Waals surface area (Å²) >= 11 is 1.99. The molecule has 0 aromatic rings. The quantitative estimate of drug-likeness (QED) is 0.673. The lowest BCUT2D eigenvalue weighted by atomic mass is 9.58. The van der Waals surface area contributed by atoms with Gasteiger partial charge in [-0.05, 0) is 38.0 Å². The zero-order valence-electron chi connectivity index (χ0n) is 16.7. The number of rotatable bonds is 4. The smallest absolute Gasteiger partial charge is 0.201 e. The molecule has 27 heavy (non-hydrogen) atoms. The Kier molecular flexibility index (Phi) is 5.03. The first-order chi connectivity index (χ1) is 13.0. The molecule has 0 amide bonds. The Morgan fingerprint density at radius 2 is 2.04 bits per heavy atom. The van der Waals surface area contributed by atoms with E-state index in [0.29, 0.717) is 24.4 Å². The summed E-state index contributed by atoms with van der Waals surface area (Å²) in [5.74, 6) is 3.24. The van der Waals surface area contributed by atoms with Gasteiger partial charge in [0.1, 0.15) is 0 Å². The van der Waals surface area contributed by atoms with E-state index < -0.39 is 17.7 Å². The van der Waals surface area contributed by atoms with Gasteiger partial charge in [-0.15, -0.1) is 11.8 Å². The maximum Gasteiger partial charge on any atom is 0.201 e. The summed E-state index contributed by atoms with van der Waals surface area (Å²) in [6.07, 6.45) is 3.62. The molecule has 6 nitrogen and oxygen atoms in total. The largest absolute Gasteiger partial charge is 0.351 e. The first-order valence-corrected chi connectivity index (χ1v) is 11.8. The van der Waals surface area contributed by atoms with Crippen LogP contribution < -0.4 is 0 Å². The third-order valence-corrected chi connectivity index (χ3v) is 8.63.